The Labute approximate surface area is 184 Å². The van der Waals surface area contributed by atoms with Crippen LogP contribution in [0, 0.1) is 0 Å². The molecule has 2 aliphatic carbocycles. The lowest BCUT2D eigenvalue weighted by Crippen LogP contribution is -2.09. The fraction of sp³-hybridized carbons (Fsp3) is 0.138. The molecule has 31 heavy (non-hydrogen) atoms. The molecule has 0 fully saturated rings. The van der Waals surface area contributed by atoms with Gasteiger partial charge in [0.15, 0.2) is 5.71 Å². The molecule has 0 spiro atoms. The summed E-state index contributed by atoms with van der Waals surface area (Å²) in [6.07, 6.45) is 15.2. The third-order valence-corrected chi connectivity index (χ3v) is 5.92. The van der Waals surface area contributed by atoms with E-state index in [1.54, 1.807) is 0 Å². The zero-order valence-corrected chi connectivity index (χ0v) is 18.0. The van der Waals surface area contributed by atoms with Gasteiger partial charge >= 0.3 is 0 Å². The molecular formula is C29H26NO+. The molecule has 2 nitrogen and oxygen atoms in total. The Kier molecular flexibility index (Phi) is 5.13. The summed E-state index contributed by atoms with van der Waals surface area (Å²) in [5, 5.41) is 0. The van der Waals surface area contributed by atoms with E-state index < -0.39 is 0 Å². The first kappa shape index (κ1) is 19.3. The van der Waals surface area contributed by atoms with E-state index in [0.717, 1.165) is 29.9 Å². The van der Waals surface area contributed by atoms with Crippen LogP contribution in [0.25, 0.3) is 11.3 Å². The van der Waals surface area contributed by atoms with E-state index in [2.05, 4.69) is 110 Å². The molecule has 0 amide bonds. The number of hydrogen-bond donors (Lipinski definition) is 0. The molecule has 0 atom stereocenters. The third kappa shape index (κ3) is 3.89. The lowest BCUT2D eigenvalue weighted by molar-refractivity contribution is -0.462. The van der Waals surface area contributed by atoms with Gasteiger partial charge in [0.05, 0.1) is 0 Å². The van der Waals surface area contributed by atoms with Crippen molar-refractivity contribution in [3.05, 3.63) is 131 Å². The first-order valence-corrected chi connectivity index (χ1v) is 10.8. The van der Waals surface area contributed by atoms with Crippen LogP contribution in [-0.2, 0) is 4.74 Å². The Hall–Kier alpha value is -3.65. The highest BCUT2D eigenvalue weighted by molar-refractivity contribution is 6.02. The summed E-state index contributed by atoms with van der Waals surface area (Å²) in [6.45, 7) is 0. The molecule has 0 radical (unpaired) electrons. The maximum Gasteiger partial charge on any atom is 0.199 e. The number of rotatable bonds is 3. The van der Waals surface area contributed by atoms with E-state index in [4.69, 9.17) is 4.74 Å². The Balaban J connectivity index is 1.60. The molecule has 1 heterocycles. The Morgan fingerprint density at radius 1 is 0.774 bits per heavy atom. The summed E-state index contributed by atoms with van der Waals surface area (Å²) < 4.78 is 8.66. The topological polar surface area (TPSA) is 12.2 Å². The fourth-order valence-corrected chi connectivity index (χ4v) is 4.25. The summed E-state index contributed by atoms with van der Waals surface area (Å²) in [6, 6.07) is 21.0. The minimum Gasteiger partial charge on any atom is -0.456 e. The van der Waals surface area contributed by atoms with Crippen molar-refractivity contribution >= 4 is 17.0 Å². The molecule has 0 bridgehead atoms. The van der Waals surface area contributed by atoms with Gasteiger partial charge in [0, 0.05) is 23.3 Å². The first-order chi connectivity index (χ1) is 15.2. The van der Waals surface area contributed by atoms with E-state index in [9.17, 15) is 0 Å². The van der Waals surface area contributed by atoms with E-state index in [0.29, 0.717) is 0 Å². The molecule has 0 unspecified atom stereocenters. The van der Waals surface area contributed by atoms with Crippen LogP contribution < -0.4 is 0 Å². The van der Waals surface area contributed by atoms with Crippen LogP contribution in [0.15, 0.2) is 120 Å². The Morgan fingerprint density at radius 3 is 2.06 bits per heavy atom. The number of hydrogen-bond acceptors (Lipinski definition) is 1. The van der Waals surface area contributed by atoms with Crippen molar-refractivity contribution in [1.29, 1.82) is 0 Å². The molecular weight excluding hydrogens is 378 g/mol. The van der Waals surface area contributed by atoms with Gasteiger partial charge in [-0.1, -0.05) is 60.7 Å². The molecule has 2 aromatic carbocycles. The zero-order chi connectivity index (χ0) is 21.2. The average molecular weight is 405 g/mol. The number of nitrogens with zero attached hydrogens (tertiary/aromatic N) is 1. The SMILES string of the molecule is C[N+](C)=C1C=CC(=CC2=C3OC(c4ccccc4)=CC(c4ccccc4)=C3CC2)C=C1. The van der Waals surface area contributed by atoms with Gasteiger partial charge in [0.2, 0.25) is 0 Å². The van der Waals surface area contributed by atoms with E-state index in [1.165, 1.54) is 33.6 Å². The lowest BCUT2D eigenvalue weighted by atomic mass is 9.95. The minimum absolute atomic E-state index is 0.911. The largest absolute Gasteiger partial charge is 0.456 e. The second-order valence-electron chi connectivity index (χ2n) is 8.22. The predicted molar refractivity (Wildman–Crippen MR) is 129 cm³/mol. The van der Waals surface area contributed by atoms with Crippen molar-refractivity contribution in [2.75, 3.05) is 14.1 Å². The second-order valence-corrected chi connectivity index (χ2v) is 8.22. The Morgan fingerprint density at radius 2 is 1.42 bits per heavy atom. The van der Waals surface area contributed by atoms with Crippen molar-refractivity contribution in [3.8, 4) is 0 Å². The number of benzene rings is 2. The molecule has 0 N–H and O–H groups in total. The molecule has 2 heteroatoms. The van der Waals surface area contributed by atoms with E-state index in [1.807, 2.05) is 6.07 Å². The summed E-state index contributed by atoms with van der Waals surface area (Å²) in [5.74, 6) is 1.94. The number of allylic oxidation sites excluding steroid dienone is 10. The van der Waals surface area contributed by atoms with Crippen LogP contribution in [-0.4, -0.2) is 24.4 Å². The molecule has 3 aliphatic rings. The summed E-state index contributed by atoms with van der Waals surface area (Å²) in [4.78, 5) is 0. The van der Waals surface area contributed by atoms with Crippen molar-refractivity contribution in [2.45, 2.75) is 12.8 Å². The van der Waals surface area contributed by atoms with Crippen LogP contribution in [0.3, 0.4) is 0 Å². The van der Waals surface area contributed by atoms with Gasteiger partial charge in [0.1, 0.15) is 25.6 Å². The van der Waals surface area contributed by atoms with Gasteiger partial charge in [-0.3, -0.25) is 0 Å². The first-order valence-electron chi connectivity index (χ1n) is 10.8. The van der Waals surface area contributed by atoms with E-state index >= 15 is 0 Å². The highest BCUT2D eigenvalue weighted by atomic mass is 16.5. The van der Waals surface area contributed by atoms with Crippen molar-refractivity contribution in [1.82, 2.24) is 0 Å². The third-order valence-electron chi connectivity index (χ3n) is 5.92. The van der Waals surface area contributed by atoms with Crippen LogP contribution >= 0.6 is 0 Å². The standard InChI is InChI=1S/C29H26NO/c1-30(2)25-16-13-21(14-17-25)19-24-15-18-26-27(22-9-5-3-6-10-22)20-28(31-29(24)26)23-11-7-4-8-12-23/h3-14,16-17,19-20H,15,18H2,1-2H3/q+1. The monoisotopic (exact) mass is 404 g/mol. The van der Waals surface area contributed by atoms with Crippen molar-refractivity contribution in [3.63, 3.8) is 0 Å². The molecule has 5 rings (SSSR count). The smallest absolute Gasteiger partial charge is 0.199 e. The van der Waals surface area contributed by atoms with Crippen LogP contribution in [0.5, 0.6) is 0 Å². The van der Waals surface area contributed by atoms with E-state index in [-0.39, 0.29) is 0 Å². The van der Waals surface area contributed by atoms with Crippen LogP contribution in [0.4, 0.5) is 0 Å². The van der Waals surface area contributed by atoms with Crippen LogP contribution in [0.1, 0.15) is 24.0 Å². The molecule has 1 aliphatic heterocycles. The molecule has 152 valence electrons. The summed E-state index contributed by atoms with van der Waals surface area (Å²) in [7, 11) is 4.13. The maximum atomic E-state index is 6.54. The minimum atomic E-state index is 0.911. The molecule has 0 saturated heterocycles. The van der Waals surface area contributed by atoms with Gasteiger partial charge in [-0.25, -0.2) is 4.58 Å². The average Bonchev–Trinajstić information content (AvgIpc) is 3.22. The second kappa shape index (κ2) is 8.23. The van der Waals surface area contributed by atoms with Gasteiger partial charge in [-0.15, -0.1) is 0 Å². The fourth-order valence-electron chi connectivity index (χ4n) is 4.25. The number of fused-ring (bicyclic) bond motifs is 1. The number of ether oxygens (including phenoxy) is 1. The van der Waals surface area contributed by atoms with Crippen molar-refractivity contribution < 1.29 is 9.31 Å². The van der Waals surface area contributed by atoms with Gasteiger partial charge in [-0.2, -0.15) is 0 Å². The van der Waals surface area contributed by atoms with Gasteiger partial charge in [0.25, 0.3) is 0 Å². The normalized spacial score (nSPS) is 17.5. The quantitative estimate of drug-likeness (QED) is 0.545. The maximum absolute atomic E-state index is 6.54. The highest BCUT2D eigenvalue weighted by Gasteiger charge is 2.29. The Bertz CT molecular complexity index is 1210. The molecule has 0 aromatic heterocycles. The predicted octanol–water partition coefficient (Wildman–Crippen LogP) is 6.32. The highest BCUT2D eigenvalue weighted by Crippen LogP contribution is 2.45. The molecule has 2 aromatic rings. The summed E-state index contributed by atoms with van der Waals surface area (Å²) in [5.41, 5.74) is 8.59. The van der Waals surface area contributed by atoms with Crippen LogP contribution in [0.2, 0.25) is 0 Å². The van der Waals surface area contributed by atoms with Gasteiger partial charge in [-0.05, 0) is 59.4 Å². The van der Waals surface area contributed by atoms with Gasteiger partial charge < -0.3 is 4.74 Å². The lowest BCUT2D eigenvalue weighted by Gasteiger charge is -2.22. The van der Waals surface area contributed by atoms with Crippen molar-refractivity contribution in [2.24, 2.45) is 0 Å². The molecule has 0 saturated carbocycles. The summed E-state index contributed by atoms with van der Waals surface area (Å²) >= 11 is 0. The zero-order valence-electron chi connectivity index (χ0n) is 18.0.